The summed E-state index contributed by atoms with van der Waals surface area (Å²) < 4.78 is 56.6. The van der Waals surface area contributed by atoms with E-state index in [1.54, 1.807) is 30.3 Å². The van der Waals surface area contributed by atoms with Gasteiger partial charge in [0, 0.05) is 12.5 Å². The van der Waals surface area contributed by atoms with Crippen molar-refractivity contribution in [1.82, 2.24) is 14.3 Å². The van der Waals surface area contributed by atoms with Crippen LogP contribution in [0.4, 0.5) is 17.6 Å². The lowest BCUT2D eigenvalue weighted by atomic mass is 10.0. The molecule has 0 aliphatic carbocycles. The molecule has 0 aliphatic heterocycles. The van der Waals surface area contributed by atoms with Crippen LogP contribution >= 0.6 is 0 Å². The fourth-order valence-corrected chi connectivity index (χ4v) is 3.76. The highest BCUT2D eigenvalue weighted by molar-refractivity contribution is 5.35. The van der Waals surface area contributed by atoms with Gasteiger partial charge in [-0.2, -0.15) is 18.3 Å². The van der Waals surface area contributed by atoms with Crippen molar-refractivity contribution in [2.75, 3.05) is 0 Å². The molecule has 0 bridgehead atoms. The molecular weight excluding hydrogens is 464 g/mol. The quantitative estimate of drug-likeness (QED) is 0.422. The molecule has 180 valence electrons. The van der Waals surface area contributed by atoms with Crippen LogP contribution in [0.5, 0.6) is 0 Å². The first-order valence-corrected chi connectivity index (χ1v) is 10.6. The third-order valence-corrected chi connectivity index (χ3v) is 5.47. The number of aromatic nitrogens is 3. The van der Waals surface area contributed by atoms with Gasteiger partial charge in [0.25, 0.3) is 5.56 Å². The van der Waals surface area contributed by atoms with Crippen molar-refractivity contribution in [3.8, 4) is 5.69 Å². The standard InChI is InChI=1S/C25H20F4N4O2/c26-19-12-6-7-13-22(19)33-23(34)21(14-17-10-4-5-11-18(17)25(27,28)29)31-32(24(33)35)15-20(30)16-8-2-1-3-9-16/h1-13,20H,14-15,30H2. The molecule has 0 amide bonds. The highest BCUT2D eigenvalue weighted by atomic mass is 19.4. The molecule has 35 heavy (non-hydrogen) atoms. The van der Waals surface area contributed by atoms with Crippen LogP contribution in [0.3, 0.4) is 0 Å². The zero-order chi connectivity index (χ0) is 25.2. The number of nitrogens with two attached hydrogens (primary N) is 1. The lowest BCUT2D eigenvalue weighted by Gasteiger charge is -2.17. The highest BCUT2D eigenvalue weighted by Gasteiger charge is 2.33. The van der Waals surface area contributed by atoms with E-state index in [1.807, 2.05) is 0 Å². The van der Waals surface area contributed by atoms with Gasteiger partial charge in [-0.25, -0.2) is 18.4 Å². The summed E-state index contributed by atoms with van der Waals surface area (Å²) in [7, 11) is 0. The third kappa shape index (κ3) is 5.07. The Kier molecular flexibility index (Phi) is 6.65. The first-order chi connectivity index (χ1) is 16.7. The molecule has 0 saturated carbocycles. The van der Waals surface area contributed by atoms with E-state index < -0.39 is 41.3 Å². The first-order valence-electron chi connectivity index (χ1n) is 10.6. The van der Waals surface area contributed by atoms with E-state index in [2.05, 4.69) is 5.10 Å². The minimum atomic E-state index is -4.66. The smallest absolute Gasteiger partial charge is 0.322 e. The van der Waals surface area contributed by atoms with Gasteiger partial charge >= 0.3 is 11.9 Å². The maximum Gasteiger partial charge on any atom is 0.416 e. The SMILES string of the molecule is NC(Cn1nc(Cc2ccccc2C(F)(F)F)c(=O)n(-c2ccccc2F)c1=O)c1ccccc1. The second-order valence-corrected chi connectivity index (χ2v) is 7.85. The summed E-state index contributed by atoms with van der Waals surface area (Å²) in [5.74, 6) is -0.849. The topological polar surface area (TPSA) is 82.9 Å². The molecule has 0 aliphatic rings. The van der Waals surface area contributed by atoms with Gasteiger partial charge < -0.3 is 5.73 Å². The largest absolute Gasteiger partial charge is 0.416 e. The number of para-hydroxylation sites is 1. The molecule has 0 fully saturated rings. The van der Waals surface area contributed by atoms with E-state index in [4.69, 9.17) is 5.73 Å². The van der Waals surface area contributed by atoms with Crippen LogP contribution in [0.25, 0.3) is 5.69 Å². The molecule has 0 radical (unpaired) electrons. The number of hydrogen-bond donors (Lipinski definition) is 1. The van der Waals surface area contributed by atoms with Crippen molar-refractivity contribution in [3.05, 3.63) is 128 Å². The van der Waals surface area contributed by atoms with Gasteiger partial charge in [0.05, 0.1) is 17.8 Å². The van der Waals surface area contributed by atoms with Gasteiger partial charge in [-0.15, -0.1) is 0 Å². The number of hydrogen-bond acceptors (Lipinski definition) is 4. The highest BCUT2D eigenvalue weighted by Crippen LogP contribution is 2.32. The Bertz CT molecular complexity index is 1460. The van der Waals surface area contributed by atoms with Crippen molar-refractivity contribution in [2.24, 2.45) is 5.73 Å². The van der Waals surface area contributed by atoms with Crippen LogP contribution in [0.2, 0.25) is 0 Å². The lowest BCUT2D eigenvalue weighted by Crippen LogP contribution is -2.44. The molecule has 10 heteroatoms. The average molecular weight is 484 g/mol. The van der Waals surface area contributed by atoms with E-state index in [1.165, 1.54) is 36.4 Å². The maximum absolute atomic E-state index is 14.6. The average Bonchev–Trinajstić information content (AvgIpc) is 2.83. The van der Waals surface area contributed by atoms with Crippen LogP contribution in [0.1, 0.15) is 28.4 Å². The van der Waals surface area contributed by atoms with Crippen LogP contribution < -0.4 is 17.0 Å². The molecule has 4 rings (SSSR count). The second kappa shape index (κ2) is 9.67. The molecular formula is C25H20F4N4O2. The van der Waals surface area contributed by atoms with Gasteiger partial charge in [0.2, 0.25) is 0 Å². The zero-order valence-corrected chi connectivity index (χ0v) is 18.2. The molecule has 4 aromatic rings. The van der Waals surface area contributed by atoms with Crippen molar-refractivity contribution < 1.29 is 17.6 Å². The summed E-state index contributed by atoms with van der Waals surface area (Å²) in [4.78, 5) is 26.4. The Morgan fingerprint density at radius 3 is 2.20 bits per heavy atom. The Morgan fingerprint density at radius 2 is 1.51 bits per heavy atom. The molecule has 2 N–H and O–H groups in total. The van der Waals surface area contributed by atoms with E-state index in [-0.39, 0.29) is 23.5 Å². The van der Waals surface area contributed by atoms with Crippen LogP contribution in [0, 0.1) is 5.82 Å². The predicted molar refractivity (Wildman–Crippen MR) is 122 cm³/mol. The van der Waals surface area contributed by atoms with Crippen molar-refractivity contribution >= 4 is 0 Å². The maximum atomic E-state index is 14.6. The molecule has 1 aromatic heterocycles. The van der Waals surface area contributed by atoms with E-state index in [0.717, 1.165) is 16.8 Å². The van der Waals surface area contributed by atoms with E-state index >= 15 is 0 Å². The second-order valence-electron chi connectivity index (χ2n) is 7.85. The number of nitrogens with zero attached hydrogens (tertiary/aromatic N) is 3. The Hall–Kier alpha value is -4.05. The van der Waals surface area contributed by atoms with Gasteiger partial charge in [0.15, 0.2) is 0 Å². The monoisotopic (exact) mass is 484 g/mol. The minimum Gasteiger partial charge on any atom is -0.322 e. The predicted octanol–water partition coefficient (Wildman–Crippen LogP) is 3.84. The van der Waals surface area contributed by atoms with Gasteiger partial charge in [-0.1, -0.05) is 60.7 Å². The van der Waals surface area contributed by atoms with E-state index in [0.29, 0.717) is 10.1 Å². The van der Waals surface area contributed by atoms with Crippen molar-refractivity contribution in [3.63, 3.8) is 0 Å². The lowest BCUT2D eigenvalue weighted by molar-refractivity contribution is -0.138. The summed E-state index contributed by atoms with van der Waals surface area (Å²) in [6, 6.07) is 17.9. The number of rotatable bonds is 6. The fourth-order valence-electron chi connectivity index (χ4n) is 3.76. The van der Waals surface area contributed by atoms with Gasteiger partial charge in [0.1, 0.15) is 11.5 Å². The number of benzene rings is 3. The van der Waals surface area contributed by atoms with E-state index in [9.17, 15) is 27.2 Å². The first kappa shape index (κ1) is 24.1. The number of halogens is 4. The molecule has 1 atom stereocenters. The van der Waals surface area contributed by atoms with Crippen LogP contribution in [-0.2, 0) is 19.1 Å². The van der Waals surface area contributed by atoms with Crippen LogP contribution in [0.15, 0.2) is 88.5 Å². The zero-order valence-electron chi connectivity index (χ0n) is 18.2. The summed E-state index contributed by atoms with van der Waals surface area (Å²) in [6.07, 6.45) is -5.19. The normalized spacial score (nSPS) is 12.5. The van der Waals surface area contributed by atoms with Crippen LogP contribution in [-0.4, -0.2) is 14.3 Å². The van der Waals surface area contributed by atoms with Gasteiger partial charge in [-0.05, 0) is 29.3 Å². The molecule has 1 unspecified atom stereocenters. The molecule has 1 heterocycles. The Morgan fingerprint density at radius 1 is 0.886 bits per heavy atom. The number of alkyl halides is 3. The minimum absolute atomic E-state index is 0.189. The summed E-state index contributed by atoms with van der Waals surface area (Å²) in [5, 5.41) is 4.07. The molecule has 0 spiro atoms. The van der Waals surface area contributed by atoms with Gasteiger partial charge in [-0.3, -0.25) is 4.79 Å². The molecule has 3 aromatic carbocycles. The third-order valence-electron chi connectivity index (χ3n) is 5.47. The molecule has 6 nitrogen and oxygen atoms in total. The fraction of sp³-hybridized carbons (Fsp3) is 0.160. The molecule has 0 saturated heterocycles. The van der Waals surface area contributed by atoms with Crippen molar-refractivity contribution in [2.45, 2.75) is 25.2 Å². The summed E-state index contributed by atoms with van der Waals surface area (Å²) in [5.41, 5.74) is 3.10. The Balaban J connectivity index is 1.88. The Labute approximate surface area is 196 Å². The van der Waals surface area contributed by atoms with Crippen molar-refractivity contribution in [1.29, 1.82) is 0 Å². The summed E-state index contributed by atoms with van der Waals surface area (Å²) >= 11 is 0. The summed E-state index contributed by atoms with van der Waals surface area (Å²) in [6.45, 7) is -0.189.